The van der Waals surface area contributed by atoms with Crippen molar-refractivity contribution in [1.82, 2.24) is 4.90 Å². The molecule has 0 radical (unpaired) electrons. The second kappa shape index (κ2) is 4.81. The lowest BCUT2D eigenvalue weighted by molar-refractivity contribution is 0.0391. The van der Waals surface area contributed by atoms with Crippen LogP contribution in [0.4, 0.5) is 0 Å². The summed E-state index contributed by atoms with van der Waals surface area (Å²) in [6.45, 7) is 7.70. The first-order valence-electron chi connectivity index (χ1n) is 5.29. The predicted octanol–water partition coefficient (Wildman–Crippen LogP) is 2.12. The molecule has 0 aliphatic heterocycles. The maximum atomic E-state index is 9.61. The van der Waals surface area contributed by atoms with Gasteiger partial charge in [0.2, 0.25) is 0 Å². The molecule has 15 heavy (non-hydrogen) atoms. The average Bonchev–Trinajstić information content (AvgIpc) is 2.54. The van der Waals surface area contributed by atoms with Gasteiger partial charge in [-0.1, -0.05) is 13.8 Å². The molecule has 0 aromatic carbocycles. The first-order chi connectivity index (χ1) is 6.92. The van der Waals surface area contributed by atoms with E-state index in [2.05, 4.69) is 25.8 Å². The summed E-state index contributed by atoms with van der Waals surface area (Å²) in [5.41, 5.74) is 1.08. The van der Waals surface area contributed by atoms with Crippen LogP contribution in [0, 0.1) is 5.41 Å². The highest BCUT2D eigenvalue weighted by Gasteiger charge is 2.25. The van der Waals surface area contributed by atoms with E-state index in [4.69, 9.17) is 4.42 Å². The maximum Gasteiger partial charge on any atom is 0.0947 e. The van der Waals surface area contributed by atoms with Gasteiger partial charge in [0.05, 0.1) is 18.6 Å². The predicted molar refractivity (Wildman–Crippen MR) is 60.5 cm³/mol. The Labute approximate surface area is 91.7 Å². The Bertz CT molecular complexity index is 278. The molecular formula is C12H21NO2. The smallest absolute Gasteiger partial charge is 0.0947 e. The fourth-order valence-electron chi connectivity index (χ4n) is 1.58. The highest BCUT2D eigenvalue weighted by molar-refractivity contribution is 5.04. The molecule has 3 nitrogen and oxygen atoms in total. The standard InChI is InChI=1S/C12H21NO2/c1-10(14)12(2,3)9-13(4)7-11-5-6-15-8-11/h5-6,8,10,14H,7,9H2,1-4H3. The van der Waals surface area contributed by atoms with Crippen LogP contribution in [-0.4, -0.2) is 29.7 Å². The van der Waals surface area contributed by atoms with E-state index in [-0.39, 0.29) is 11.5 Å². The summed E-state index contributed by atoms with van der Waals surface area (Å²) in [6.07, 6.45) is 3.14. The topological polar surface area (TPSA) is 36.6 Å². The zero-order valence-corrected chi connectivity index (χ0v) is 10.0. The Morgan fingerprint density at radius 3 is 2.67 bits per heavy atom. The van der Waals surface area contributed by atoms with Gasteiger partial charge in [-0.2, -0.15) is 0 Å². The highest BCUT2D eigenvalue weighted by atomic mass is 16.3. The number of hydrogen-bond acceptors (Lipinski definition) is 3. The van der Waals surface area contributed by atoms with Crippen LogP contribution in [0.15, 0.2) is 23.0 Å². The van der Waals surface area contributed by atoms with E-state index in [1.165, 1.54) is 5.56 Å². The largest absolute Gasteiger partial charge is 0.472 e. The van der Waals surface area contributed by atoms with Crippen LogP contribution in [0.5, 0.6) is 0 Å². The number of hydrogen-bond donors (Lipinski definition) is 1. The van der Waals surface area contributed by atoms with Crippen LogP contribution in [0.3, 0.4) is 0 Å². The van der Waals surface area contributed by atoms with Gasteiger partial charge in [0, 0.05) is 24.1 Å². The minimum atomic E-state index is -0.302. The summed E-state index contributed by atoms with van der Waals surface area (Å²) in [7, 11) is 2.05. The van der Waals surface area contributed by atoms with Crippen molar-refractivity contribution >= 4 is 0 Å². The number of rotatable bonds is 5. The molecule has 1 N–H and O–H groups in total. The second-order valence-electron chi connectivity index (χ2n) is 4.97. The van der Waals surface area contributed by atoms with Crippen molar-refractivity contribution in [2.45, 2.75) is 33.4 Å². The maximum absolute atomic E-state index is 9.61. The first kappa shape index (κ1) is 12.3. The van der Waals surface area contributed by atoms with Gasteiger partial charge in [0.1, 0.15) is 0 Å². The van der Waals surface area contributed by atoms with Crippen LogP contribution in [-0.2, 0) is 6.54 Å². The number of furan rings is 1. The van der Waals surface area contributed by atoms with Gasteiger partial charge in [-0.25, -0.2) is 0 Å². The second-order valence-corrected chi connectivity index (χ2v) is 4.97. The molecule has 1 heterocycles. The molecule has 1 rings (SSSR count). The molecular weight excluding hydrogens is 190 g/mol. The molecule has 1 aromatic rings. The lowest BCUT2D eigenvalue weighted by atomic mass is 9.87. The normalized spacial score (nSPS) is 14.5. The van der Waals surface area contributed by atoms with E-state index in [0.29, 0.717) is 0 Å². The third-order valence-corrected chi connectivity index (χ3v) is 2.84. The van der Waals surface area contributed by atoms with E-state index >= 15 is 0 Å². The Balaban J connectivity index is 2.45. The number of aliphatic hydroxyl groups is 1. The van der Waals surface area contributed by atoms with Gasteiger partial charge in [-0.15, -0.1) is 0 Å². The minimum absolute atomic E-state index is 0.0848. The first-order valence-corrected chi connectivity index (χ1v) is 5.29. The zero-order chi connectivity index (χ0) is 11.5. The van der Waals surface area contributed by atoms with Crippen molar-refractivity contribution in [3.8, 4) is 0 Å². The molecule has 3 heteroatoms. The van der Waals surface area contributed by atoms with Crippen molar-refractivity contribution in [3.63, 3.8) is 0 Å². The molecule has 0 spiro atoms. The van der Waals surface area contributed by atoms with Crippen molar-refractivity contribution < 1.29 is 9.52 Å². The highest BCUT2D eigenvalue weighted by Crippen LogP contribution is 2.22. The van der Waals surface area contributed by atoms with Crippen molar-refractivity contribution in [3.05, 3.63) is 24.2 Å². The summed E-state index contributed by atoms with van der Waals surface area (Å²) in [5.74, 6) is 0. The molecule has 0 aliphatic carbocycles. The van der Waals surface area contributed by atoms with E-state index in [9.17, 15) is 5.11 Å². The average molecular weight is 211 g/mol. The van der Waals surface area contributed by atoms with Crippen molar-refractivity contribution in [2.24, 2.45) is 5.41 Å². The summed E-state index contributed by atoms with van der Waals surface area (Å²) < 4.78 is 5.02. The third kappa shape index (κ3) is 3.68. The molecule has 0 amide bonds. The van der Waals surface area contributed by atoms with Gasteiger partial charge in [0.15, 0.2) is 0 Å². The molecule has 0 aliphatic rings. The van der Waals surface area contributed by atoms with Crippen LogP contribution >= 0.6 is 0 Å². The lowest BCUT2D eigenvalue weighted by Gasteiger charge is -2.32. The summed E-state index contributed by atoms with van der Waals surface area (Å²) in [6, 6.07) is 1.96. The Kier molecular flexibility index (Phi) is 3.94. The zero-order valence-electron chi connectivity index (χ0n) is 10.0. The minimum Gasteiger partial charge on any atom is -0.472 e. The Morgan fingerprint density at radius 2 is 2.20 bits per heavy atom. The van der Waals surface area contributed by atoms with Crippen molar-refractivity contribution in [2.75, 3.05) is 13.6 Å². The number of aliphatic hydroxyl groups excluding tert-OH is 1. The molecule has 1 atom stereocenters. The van der Waals surface area contributed by atoms with Gasteiger partial charge in [0.25, 0.3) is 0 Å². The number of nitrogens with zero attached hydrogens (tertiary/aromatic N) is 1. The molecule has 0 saturated heterocycles. The lowest BCUT2D eigenvalue weighted by Crippen LogP contribution is -2.38. The quantitative estimate of drug-likeness (QED) is 0.810. The molecule has 1 aromatic heterocycles. The summed E-state index contributed by atoms with van der Waals surface area (Å²) in [4.78, 5) is 2.19. The summed E-state index contributed by atoms with van der Waals surface area (Å²) >= 11 is 0. The Morgan fingerprint density at radius 1 is 1.53 bits per heavy atom. The van der Waals surface area contributed by atoms with Crippen LogP contribution in [0.1, 0.15) is 26.3 Å². The monoisotopic (exact) mass is 211 g/mol. The Hall–Kier alpha value is -0.800. The fraction of sp³-hybridized carbons (Fsp3) is 0.667. The van der Waals surface area contributed by atoms with Crippen LogP contribution < -0.4 is 0 Å². The molecule has 0 bridgehead atoms. The summed E-state index contributed by atoms with van der Waals surface area (Å²) in [5, 5.41) is 9.61. The van der Waals surface area contributed by atoms with E-state index in [1.807, 2.05) is 13.0 Å². The van der Waals surface area contributed by atoms with Gasteiger partial charge in [-0.3, -0.25) is 0 Å². The van der Waals surface area contributed by atoms with Gasteiger partial charge in [-0.05, 0) is 20.0 Å². The van der Waals surface area contributed by atoms with E-state index in [0.717, 1.165) is 13.1 Å². The van der Waals surface area contributed by atoms with Gasteiger partial charge < -0.3 is 14.4 Å². The van der Waals surface area contributed by atoms with Gasteiger partial charge >= 0.3 is 0 Å². The molecule has 86 valence electrons. The van der Waals surface area contributed by atoms with Crippen LogP contribution in [0.25, 0.3) is 0 Å². The van der Waals surface area contributed by atoms with Crippen molar-refractivity contribution in [1.29, 1.82) is 0 Å². The SMILES string of the molecule is CC(O)C(C)(C)CN(C)Cc1ccoc1. The molecule has 0 fully saturated rings. The molecule has 1 unspecified atom stereocenters. The fourth-order valence-corrected chi connectivity index (χ4v) is 1.58. The van der Waals surface area contributed by atoms with Crippen LogP contribution in [0.2, 0.25) is 0 Å². The van der Waals surface area contributed by atoms with E-state index in [1.54, 1.807) is 12.5 Å². The third-order valence-electron chi connectivity index (χ3n) is 2.84. The molecule has 0 saturated carbocycles. The van der Waals surface area contributed by atoms with E-state index < -0.39 is 0 Å².